The Morgan fingerprint density at radius 1 is 1.11 bits per heavy atom. The number of rotatable bonds is 0. The Kier molecular flexibility index (Phi) is 1.64. The van der Waals surface area contributed by atoms with Crippen molar-refractivity contribution in [2.24, 2.45) is 0 Å². The van der Waals surface area contributed by atoms with Crippen molar-refractivity contribution >= 4 is 11.9 Å². The third kappa shape index (κ3) is 1.39. The third-order valence-corrected chi connectivity index (χ3v) is 0.701. The topological polar surface area (TPSA) is 61.8 Å². The Balaban J connectivity index is 2.51. The molecular formula is C4H4O5. The summed E-state index contributed by atoms with van der Waals surface area (Å²) in [5, 5.41) is 0. The van der Waals surface area contributed by atoms with Gasteiger partial charge in [0.15, 0.2) is 0 Å². The van der Waals surface area contributed by atoms with Crippen LogP contribution in [0.2, 0.25) is 0 Å². The van der Waals surface area contributed by atoms with Crippen LogP contribution in [0.25, 0.3) is 0 Å². The van der Waals surface area contributed by atoms with Crippen LogP contribution in [0.15, 0.2) is 0 Å². The molecule has 1 heterocycles. The molecule has 0 unspecified atom stereocenters. The van der Waals surface area contributed by atoms with Crippen molar-refractivity contribution in [3.05, 3.63) is 0 Å². The van der Waals surface area contributed by atoms with Crippen molar-refractivity contribution in [1.82, 2.24) is 0 Å². The molecule has 1 fully saturated rings. The summed E-state index contributed by atoms with van der Waals surface area (Å²) in [6.07, 6.45) is 0. The van der Waals surface area contributed by atoms with E-state index in [0.717, 1.165) is 0 Å². The number of cyclic esters (lactones) is 1. The maximum absolute atomic E-state index is 10.2. The van der Waals surface area contributed by atoms with E-state index in [4.69, 9.17) is 0 Å². The van der Waals surface area contributed by atoms with E-state index >= 15 is 0 Å². The van der Waals surface area contributed by atoms with Gasteiger partial charge in [0, 0.05) is 0 Å². The Hall–Kier alpha value is -1.10. The maximum atomic E-state index is 10.2. The molecule has 0 aromatic heterocycles. The zero-order chi connectivity index (χ0) is 6.69. The lowest BCUT2D eigenvalue weighted by Gasteiger charge is -1.89. The van der Waals surface area contributed by atoms with E-state index in [2.05, 4.69) is 14.5 Å². The molecule has 50 valence electrons. The van der Waals surface area contributed by atoms with Crippen LogP contribution in [-0.2, 0) is 24.1 Å². The second-order valence-corrected chi connectivity index (χ2v) is 1.33. The summed E-state index contributed by atoms with van der Waals surface area (Å²) >= 11 is 0. The summed E-state index contributed by atoms with van der Waals surface area (Å²) in [6, 6.07) is 0. The smallest absolute Gasteiger partial charge is 0.449 e. The predicted molar refractivity (Wildman–Crippen MR) is 23.0 cm³/mol. The van der Waals surface area contributed by atoms with Gasteiger partial charge in [-0.1, -0.05) is 0 Å². The molecule has 9 heavy (non-hydrogen) atoms. The standard InChI is InChI=1S/C4H4O5/c5-3-4(6)9-8-2-1-7-3/h1-2H2. The van der Waals surface area contributed by atoms with Crippen LogP contribution in [0.4, 0.5) is 0 Å². The predicted octanol–water partition coefficient (Wildman–Crippen LogP) is -0.982. The second kappa shape index (κ2) is 2.45. The summed E-state index contributed by atoms with van der Waals surface area (Å²) in [5.74, 6) is -2.11. The number of ether oxygens (including phenoxy) is 1. The zero-order valence-corrected chi connectivity index (χ0v) is 4.46. The molecule has 5 heteroatoms. The minimum atomic E-state index is -1.10. The average Bonchev–Trinajstić information content (AvgIpc) is 1.99. The fraction of sp³-hybridized carbons (Fsp3) is 0.500. The van der Waals surface area contributed by atoms with E-state index in [-0.39, 0.29) is 13.2 Å². The molecule has 0 N–H and O–H groups in total. The van der Waals surface area contributed by atoms with Gasteiger partial charge in [-0.05, 0) is 0 Å². The lowest BCUT2D eigenvalue weighted by molar-refractivity contribution is -0.264. The van der Waals surface area contributed by atoms with Crippen molar-refractivity contribution in [2.75, 3.05) is 13.2 Å². The van der Waals surface area contributed by atoms with Gasteiger partial charge < -0.3 is 4.74 Å². The number of carbonyl (C=O) groups excluding carboxylic acids is 2. The minimum absolute atomic E-state index is 0.0601. The lowest BCUT2D eigenvalue weighted by atomic mass is 10.7. The summed E-state index contributed by atoms with van der Waals surface area (Å²) in [5.41, 5.74) is 0. The van der Waals surface area contributed by atoms with Gasteiger partial charge in [-0.15, -0.1) is 0 Å². The Labute approximate surface area is 50.4 Å². The number of esters is 1. The maximum Gasteiger partial charge on any atom is 0.449 e. The van der Waals surface area contributed by atoms with Crippen LogP contribution in [0, 0.1) is 0 Å². The molecule has 0 radical (unpaired) electrons. The van der Waals surface area contributed by atoms with Crippen molar-refractivity contribution in [3.63, 3.8) is 0 Å². The summed E-state index contributed by atoms with van der Waals surface area (Å²) in [6.45, 7) is 0.155. The molecular weight excluding hydrogens is 128 g/mol. The highest BCUT2D eigenvalue weighted by Crippen LogP contribution is 1.91. The van der Waals surface area contributed by atoms with E-state index < -0.39 is 11.9 Å². The molecule has 0 atom stereocenters. The van der Waals surface area contributed by atoms with Gasteiger partial charge in [-0.2, -0.15) is 4.89 Å². The molecule has 0 bridgehead atoms. The van der Waals surface area contributed by atoms with Crippen molar-refractivity contribution in [1.29, 1.82) is 0 Å². The number of hydrogen-bond acceptors (Lipinski definition) is 5. The summed E-state index contributed by atoms with van der Waals surface area (Å²) in [4.78, 5) is 28.5. The molecule has 0 aromatic rings. The van der Waals surface area contributed by atoms with Crippen molar-refractivity contribution in [2.45, 2.75) is 0 Å². The van der Waals surface area contributed by atoms with Gasteiger partial charge in [0.1, 0.15) is 13.2 Å². The molecule has 1 saturated heterocycles. The molecule has 0 saturated carbocycles. The first kappa shape index (κ1) is 6.03. The van der Waals surface area contributed by atoms with Gasteiger partial charge in [0.2, 0.25) is 0 Å². The normalized spacial score (nSPS) is 20.0. The molecule has 0 spiro atoms. The third-order valence-electron chi connectivity index (χ3n) is 0.701. The van der Waals surface area contributed by atoms with Gasteiger partial charge >= 0.3 is 11.9 Å². The quantitative estimate of drug-likeness (QED) is 0.241. The Bertz CT molecular complexity index is 124. The first-order valence-electron chi connectivity index (χ1n) is 2.31. The molecule has 5 nitrogen and oxygen atoms in total. The van der Waals surface area contributed by atoms with Crippen molar-refractivity contribution < 1.29 is 24.1 Å². The van der Waals surface area contributed by atoms with Gasteiger partial charge in [0.25, 0.3) is 0 Å². The average molecular weight is 132 g/mol. The van der Waals surface area contributed by atoms with E-state index in [0.29, 0.717) is 0 Å². The molecule has 0 aromatic carbocycles. The van der Waals surface area contributed by atoms with Crippen LogP contribution in [0.5, 0.6) is 0 Å². The van der Waals surface area contributed by atoms with E-state index in [1.165, 1.54) is 0 Å². The molecule has 1 aliphatic rings. The zero-order valence-electron chi connectivity index (χ0n) is 4.46. The monoisotopic (exact) mass is 132 g/mol. The van der Waals surface area contributed by atoms with Crippen LogP contribution in [-0.4, -0.2) is 25.2 Å². The Morgan fingerprint density at radius 3 is 2.67 bits per heavy atom. The SMILES string of the molecule is O=C1OCCOOC1=O. The first-order valence-corrected chi connectivity index (χ1v) is 2.31. The van der Waals surface area contributed by atoms with Crippen molar-refractivity contribution in [3.8, 4) is 0 Å². The number of hydrogen-bond donors (Lipinski definition) is 0. The highest BCUT2D eigenvalue weighted by atomic mass is 17.2. The Morgan fingerprint density at radius 2 is 1.89 bits per heavy atom. The fourth-order valence-corrected chi connectivity index (χ4v) is 0.357. The van der Waals surface area contributed by atoms with Gasteiger partial charge in [-0.3, -0.25) is 4.89 Å². The fourth-order valence-electron chi connectivity index (χ4n) is 0.357. The van der Waals surface area contributed by atoms with E-state index in [1.807, 2.05) is 0 Å². The highest BCUT2D eigenvalue weighted by molar-refractivity contribution is 6.29. The minimum Gasteiger partial charge on any atom is -0.455 e. The second-order valence-electron chi connectivity index (χ2n) is 1.33. The summed E-state index contributed by atoms with van der Waals surface area (Å²) in [7, 11) is 0. The molecule has 0 amide bonds. The molecule has 1 rings (SSSR count). The van der Waals surface area contributed by atoms with Crippen LogP contribution < -0.4 is 0 Å². The molecule has 0 aliphatic carbocycles. The highest BCUT2D eigenvalue weighted by Gasteiger charge is 2.21. The summed E-state index contributed by atoms with van der Waals surface area (Å²) < 4.78 is 4.28. The van der Waals surface area contributed by atoms with Crippen LogP contribution in [0.1, 0.15) is 0 Å². The number of carbonyl (C=O) groups is 2. The lowest BCUT2D eigenvalue weighted by Crippen LogP contribution is -2.16. The molecule has 1 aliphatic heterocycles. The largest absolute Gasteiger partial charge is 0.455 e. The van der Waals surface area contributed by atoms with E-state index in [9.17, 15) is 9.59 Å². The van der Waals surface area contributed by atoms with Crippen LogP contribution >= 0.6 is 0 Å². The van der Waals surface area contributed by atoms with Gasteiger partial charge in [-0.25, -0.2) is 9.59 Å². The first-order chi connectivity index (χ1) is 4.30. The van der Waals surface area contributed by atoms with Gasteiger partial charge in [0.05, 0.1) is 0 Å². The van der Waals surface area contributed by atoms with Crippen LogP contribution in [0.3, 0.4) is 0 Å². The van der Waals surface area contributed by atoms with E-state index in [1.54, 1.807) is 0 Å².